The van der Waals surface area contributed by atoms with Crippen molar-refractivity contribution in [3.8, 4) is 0 Å². The first-order valence-electron chi connectivity index (χ1n) is 6.18. The zero-order valence-corrected chi connectivity index (χ0v) is 11.5. The number of fused-ring (bicyclic) bond motifs is 1. The van der Waals surface area contributed by atoms with Crippen LogP contribution in [0.15, 0.2) is 46.9 Å². The fourth-order valence-corrected chi connectivity index (χ4v) is 2.30. The van der Waals surface area contributed by atoms with Gasteiger partial charge in [0.25, 0.3) is 0 Å². The van der Waals surface area contributed by atoms with Crippen LogP contribution in [0.25, 0.3) is 11.0 Å². The van der Waals surface area contributed by atoms with Crippen LogP contribution in [-0.2, 0) is 0 Å². The third-order valence-electron chi connectivity index (χ3n) is 3.28. The Hall–Kier alpha value is -1.84. The number of halogens is 2. The van der Waals surface area contributed by atoms with Crippen molar-refractivity contribution in [1.82, 2.24) is 0 Å². The average Bonchev–Trinajstić information content (AvgIpc) is 2.84. The molecular weight excluding hydrogens is 279 g/mol. The second kappa shape index (κ2) is 4.93. The quantitative estimate of drug-likeness (QED) is 0.747. The molecule has 1 unspecified atom stereocenters. The van der Waals surface area contributed by atoms with Crippen LogP contribution in [0.5, 0.6) is 0 Å². The molecule has 3 rings (SSSR count). The number of aliphatic hydroxyl groups is 1. The molecule has 0 aliphatic carbocycles. The van der Waals surface area contributed by atoms with Gasteiger partial charge in [0.1, 0.15) is 23.3 Å². The van der Waals surface area contributed by atoms with Crippen LogP contribution < -0.4 is 0 Å². The van der Waals surface area contributed by atoms with E-state index in [4.69, 9.17) is 16.0 Å². The topological polar surface area (TPSA) is 33.4 Å². The van der Waals surface area contributed by atoms with Crippen LogP contribution in [0.4, 0.5) is 4.39 Å². The highest BCUT2D eigenvalue weighted by Gasteiger charge is 2.16. The number of benzene rings is 2. The molecule has 1 aromatic heterocycles. The van der Waals surface area contributed by atoms with E-state index in [-0.39, 0.29) is 5.82 Å². The first-order chi connectivity index (χ1) is 9.54. The normalized spacial score (nSPS) is 12.8. The van der Waals surface area contributed by atoms with Crippen molar-refractivity contribution in [3.05, 3.63) is 70.2 Å². The van der Waals surface area contributed by atoms with E-state index in [2.05, 4.69) is 0 Å². The number of hydrogen-bond donors (Lipinski definition) is 1. The Balaban J connectivity index is 2.02. The third kappa shape index (κ3) is 2.30. The Bertz CT molecular complexity index is 779. The molecule has 1 heterocycles. The molecule has 1 N–H and O–H groups in total. The number of hydrogen-bond acceptors (Lipinski definition) is 2. The summed E-state index contributed by atoms with van der Waals surface area (Å²) in [5.74, 6) is 0.0308. The van der Waals surface area contributed by atoms with E-state index in [1.807, 2.05) is 13.0 Å². The van der Waals surface area contributed by atoms with Crippen molar-refractivity contribution >= 4 is 22.6 Å². The Labute approximate surface area is 120 Å². The van der Waals surface area contributed by atoms with E-state index < -0.39 is 6.10 Å². The minimum atomic E-state index is -0.927. The molecule has 0 saturated carbocycles. The molecule has 4 heteroatoms. The molecule has 0 aliphatic heterocycles. The highest BCUT2D eigenvalue weighted by molar-refractivity contribution is 6.31. The lowest BCUT2D eigenvalue weighted by atomic mass is 10.1. The molecular formula is C16H12ClFO2. The molecule has 3 aromatic rings. The first-order valence-corrected chi connectivity index (χ1v) is 6.55. The Morgan fingerprint density at radius 1 is 1.15 bits per heavy atom. The van der Waals surface area contributed by atoms with Gasteiger partial charge >= 0.3 is 0 Å². The van der Waals surface area contributed by atoms with Gasteiger partial charge < -0.3 is 9.52 Å². The SMILES string of the molecule is Cc1ccc(C(O)c2cc3cc(F)ccc3o2)cc1Cl. The molecule has 0 spiro atoms. The average molecular weight is 291 g/mol. The maximum atomic E-state index is 13.1. The Kier molecular flexibility index (Phi) is 3.24. The van der Waals surface area contributed by atoms with Crippen LogP contribution >= 0.6 is 11.6 Å². The second-order valence-corrected chi connectivity index (χ2v) is 5.15. The van der Waals surface area contributed by atoms with E-state index in [9.17, 15) is 9.50 Å². The summed E-state index contributed by atoms with van der Waals surface area (Å²) in [4.78, 5) is 0. The van der Waals surface area contributed by atoms with Gasteiger partial charge in [-0.2, -0.15) is 0 Å². The summed E-state index contributed by atoms with van der Waals surface area (Å²) in [6.45, 7) is 1.89. The zero-order chi connectivity index (χ0) is 14.3. The minimum Gasteiger partial charge on any atom is -0.458 e. The summed E-state index contributed by atoms with van der Waals surface area (Å²) in [6.07, 6.45) is -0.927. The molecule has 0 radical (unpaired) electrons. The van der Waals surface area contributed by atoms with Crippen LogP contribution in [0.3, 0.4) is 0 Å². The van der Waals surface area contributed by atoms with Gasteiger partial charge in [0.2, 0.25) is 0 Å². The van der Waals surface area contributed by atoms with Crippen LogP contribution in [0.2, 0.25) is 5.02 Å². The summed E-state index contributed by atoms with van der Waals surface area (Å²) >= 11 is 6.05. The Morgan fingerprint density at radius 3 is 2.70 bits per heavy atom. The predicted octanol–water partition coefficient (Wildman–Crippen LogP) is 4.62. The second-order valence-electron chi connectivity index (χ2n) is 4.74. The standard InChI is InChI=1S/C16H12ClFO2/c1-9-2-3-10(7-13(9)17)16(19)15-8-11-6-12(18)4-5-14(11)20-15/h2-8,16,19H,1H3. The fourth-order valence-electron chi connectivity index (χ4n) is 2.11. The number of furan rings is 1. The molecule has 2 aromatic carbocycles. The molecule has 0 amide bonds. The van der Waals surface area contributed by atoms with Crippen LogP contribution in [0.1, 0.15) is 23.0 Å². The van der Waals surface area contributed by atoms with Crippen LogP contribution in [0, 0.1) is 12.7 Å². The number of aliphatic hydroxyl groups excluding tert-OH is 1. The lowest BCUT2D eigenvalue weighted by Gasteiger charge is -2.09. The third-order valence-corrected chi connectivity index (χ3v) is 3.69. The minimum absolute atomic E-state index is 0.335. The highest BCUT2D eigenvalue weighted by Crippen LogP contribution is 2.30. The monoisotopic (exact) mass is 290 g/mol. The molecule has 20 heavy (non-hydrogen) atoms. The lowest BCUT2D eigenvalue weighted by Crippen LogP contribution is -1.98. The highest BCUT2D eigenvalue weighted by atomic mass is 35.5. The van der Waals surface area contributed by atoms with Crippen molar-refractivity contribution in [2.75, 3.05) is 0 Å². The number of rotatable bonds is 2. The van der Waals surface area contributed by atoms with E-state index in [1.54, 1.807) is 24.3 Å². The zero-order valence-electron chi connectivity index (χ0n) is 10.7. The van der Waals surface area contributed by atoms with Gasteiger partial charge in [-0.1, -0.05) is 23.7 Å². The van der Waals surface area contributed by atoms with E-state index in [0.29, 0.717) is 27.3 Å². The summed E-state index contributed by atoms with van der Waals surface area (Å²) < 4.78 is 18.7. The van der Waals surface area contributed by atoms with E-state index >= 15 is 0 Å². The van der Waals surface area contributed by atoms with Gasteiger partial charge in [-0.15, -0.1) is 0 Å². The van der Waals surface area contributed by atoms with E-state index in [1.165, 1.54) is 12.1 Å². The summed E-state index contributed by atoms with van der Waals surface area (Å²) in [7, 11) is 0. The van der Waals surface area contributed by atoms with E-state index in [0.717, 1.165) is 5.56 Å². The summed E-state index contributed by atoms with van der Waals surface area (Å²) in [5.41, 5.74) is 2.12. The van der Waals surface area contributed by atoms with Gasteiger partial charge in [0.15, 0.2) is 0 Å². The summed E-state index contributed by atoms with van der Waals surface area (Å²) in [6, 6.07) is 11.2. The van der Waals surface area contributed by atoms with Gasteiger partial charge in [0, 0.05) is 10.4 Å². The van der Waals surface area contributed by atoms with Gasteiger partial charge in [0.05, 0.1) is 0 Å². The van der Waals surface area contributed by atoms with Gasteiger partial charge in [-0.3, -0.25) is 0 Å². The molecule has 0 saturated heterocycles. The van der Waals surface area contributed by atoms with Gasteiger partial charge in [-0.25, -0.2) is 4.39 Å². The van der Waals surface area contributed by atoms with Gasteiger partial charge in [-0.05, 0) is 48.4 Å². The lowest BCUT2D eigenvalue weighted by molar-refractivity contribution is 0.192. The maximum Gasteiger partial charge on any atom is 0.138 e. The summed E-state index contributed by atoms with van der Waals surface area (Å²) in [5, 5.41) is 11.5. The first kappa shape index (κ1) is 13.2. The van der Waals surface area contributed by atoms with Crippen molar-refractivity contribution < 1.29 is 13.9 Å². The van der Waals surface area contributed by atoms with Crippen molar-refractivity contribution in [2.45, 2.75) is 13.0 Å². The number of aryl methyl sites for hydroxylation is 1. The van der Waals surface area contributed by atoms with Crippen molar-refractivity contribution in [1.29, 1.82) is 0 Å². The molecule has 0 bridgehead atoms. The molecule has 2 nitrogen and oxygen atoms in total. The molecule has 1 atom stereocenters. The molecule has 102 valence electrons. The van der Waals surface area contributed by atoms with Crippen molar-refractivity contribution in [2.24, 2.45) is 0 Å². The smallest absolute Gasteiger partial charge is 0.138 e. The molecule has 0 fully saturated rings. The van der Waals surface area contributed by atoms with Crippen molar-refractivity contribution in [3.63, 3.8) is 0 Å². The molecule has 0 aliphatic rings. The largest absolute Gasteiger partial charge is 0.458 e. The predicted molar refractivity (Wildman–Crippen MR) is 76.4 cm³/mol. The fraction of sp³-hybridized carbons (Fsp3) is 0.125. The van der Waals surface area contributed by atoms with Crippen LogP contribution in [-0.4, -0.2) is 5.11 Å². The Morgan fingerprint density at radius 2 is 1.95 bits per heavy atom. The maximum absolute atomic E-state index is 13.1.